The molecule has 3 atom stereocenters. The smallest absolute Gasteiger partial charge is 0.248 e. The molecule has 0 aromatic heterocycles. The number of nitrogens with zero attached hydrogens (tertiary/aromatic N) is 3. The molecular formula is C29H33BCl2N4O5S. The van der Waals surface area contributed by atoms with Crippen LogP contribution in [-0.4, -0.2) is 85.5 Å². The van der Waals surface area contributed by atoms with Gasteiger partial charge in [0.05, 0.1) is 11.6 Å². The molecule has 6 rings (SSSR count). The summed E-state index contributed by atoms with van der Waals surface area (Å²) in [6, 6.07) is 9.84. The Labute approximate surface area is 257 Å². The summed E-state index contributed by atoms with van der Waals surface area (Å²) < 4.78 is 29.8. The topological polar surface area (TPSA) is 107 Å². The van der Waals surface area contributed by atoms with E-state index < -0.39 is 34.2 Å². The molecule has 2 heterocycles. The number of hydrogen-bond donors (Lipinski definition) is 1. The lowest BCUT2D eigenvalue weighted by atomic mass is 9.92. The molecule has 0 spiro atoms. The summed E-state index contributed by atoms with van der Waals surface area (Å²) in [4.78, 5) is 44.4. The first-order chi connectivity index (χ1) is 20.0. The fourth-order valence-electron chi connectivity index (χ4n) is 6.46. The highest BCUT2D eigenvalue weighted by molar-refractivity contribution is 7.89. The third-order valence-corrected chi connectivity index (χ3v) is 11.5. The number of hydrogen-bond acceptors (Lipinski definition) is 5. The maximum atomic E-state index is 14.3. The summed E-state index contributed by atoms with van der Waals surface area (Å²) in [6.07, 6.45) is 4.26. The standard InChI is InChI=1S/C29H33BCl2N4O5S/c30-19-7-5-17(6-8-19)13-24-29(39)34(21-10-11-21)16-26-35(42(40,41)25-12-9-20(31)14-22(25)32)15-23(28(38)36(24)26)33-27(37)18-3-1-2-4-18/h5-9,12,14,18,21,23-24,26H,1-4,10-11,13,15-16,30H2,(H,33,37). The van der Waals surface area contributed by atoms with Crippen LogP contribution in [0.25, 0.3) is 0 Å². The van der Waals surface area contributed by atoms with Crippen molar-refractivity contribution in [2.45, 2.75) is 74.1 Å². The Bertz CT molecular complexity index is 1510. The molecule has 3 unspecified atom stereocenters. The van der Waals surface area contributed by atoms with E-state index in [1.807, 2.05) is 32.1 Å². The minimum atomic E-state index is -4.28. The van der Waals surface area contributed by atoms with E-state index in [0.29, 0.717) is 0 Å². The largest absolute Gasteiger partial charge is 0.343 e. The molecule has 222 valence electrons. The summed E-state index contributed by atoms with van der Waals surface area (Å²) in [5.41, 5.74) is 1.92. The summed E-state index contributed by atoms with van der Waals surface area (Å²) in [7, 11) is -2.31. The van der Waals surface area contributed by atoms with Crippen molar-refractivity contribution in [2.75, 3.05) is 13.1 Å². The Hall–Kier alpha value is -2.60. The molecular weight excluding hydrogens is 598 g/mol. The monoisotopic (exact) mass is 630 g/mol. The number of sulfonamides is 1. The number of carbonyl (C=O) groups excluding carboxylic acids is 3. The van der Waals surface area contributed by atoms with Gasteiger partial charge >= 0.3 is 0 Å². The van der Waals surface area contributed by atoms with E-state index in [2.05, 4.69) is 5.32 Å². The summed E-state index contributed by atoms with van der Waals surface area (Å²) in [6.45, 7) is -0.211. The minimum absolute atomic E-state index is 0.0127. The zero-order valence-corrected chi connectivity index (χ0v) is 25.7. The Morgan fingerprint density at radius 1 is 0.952 bits per heavy atom. The molecule has 13 heteroatoms. The number of benzene rings is 2. The molecule has 0 radical (unpaired) electrons. The number of rotatable bonds is 7. The number of piperazine rings is 1. The molecule has 2 aliphatic carbocycles. The van der Waals surface area contributed by atoms with Gasteiger partial charge < -0.3 is 15.1 Å². The highest BCUT2D eigenvalue weighted by Crippen LogP contribution is 2.38. The van der Waals surface area contributed by atoms with Gasteiger partial charge in [0.15, 0.2) is 0 Å². The van der Waals surface area contributed by atoms with Crippen molar-refractivity contribution < 1.29 is 22.8 Å². The van der Waals surface area contributed by atoms with Gasteiger partial charge in [-0.2, -0.15) is 4.31 Å². The van der Waals surface area contributed by atoms with E-state index in [0.717, 1.165) is 49.6 Å². The van der Waals surface area contributed by atoms with Crippen molar-refractivity contribution in [1.82, 2.24) is 19.4 Å². The molecule has 4 aliphatic rings. The fourth-order valence-corrected chi connectivity index (χ4v) is 8.80. The molecule has 2 aliphatic heterocycles. The average molecular weight is 631 g/mol. The number of carbonyl (C=O) groups is 3. The second kappa shape index (κ2) is 11.5. The van der Waals surface area contributed by atoms with E-state index >= 15 is 0 Å². The molecule has 2 saturated carbocycles. The van der Waals surface area contributed by atoms with Gasteiger partial charge in [-0.25, -0.2) is 8.42 Å². The van der Waals surface area contributed by atoms with E-state index in [-0.39, 0.29) is 58.2 Å². The number of halogens is 2. The van der Waals surface area contributed by atoms with Crippen LogP contribution >= 0.6 is 23.2 Å². The normalized spacial score (nSPS) is 25.5. The van der Waals surface area contributed by atoms with Crippen molar-refractivity contribution in [2.24, 2.45) is 5.92 Å². The number of amides is 3. The molecule has 1 N–H and O–H groups in total. The lowest BCUT2D eigenvalue weighted by molar-refractivity contribution is -0.168. The molecule has 3 amide bonds. The predicted octanol–water partition coefficient (Wildman–Crippen LogP) is 1.70. The first-order valence-corrected chi connectivity index (χ1v) is 16.7. The van der Waals surface area contributed by atoms with Crippen LogP contribution in [-0.2, 0) is 30.8 Å². The Morgan fingerprint density at radius 3 is 2.29 bits per heavy atom. The van der Waals surface area contributed by atoms with Gasteiger partial charge in [0, 0.05) is 29.9 Å². The number of nitrogens with one attached hydrogen (secondary N) is 1. The van der Waals surface area contributed by atoms with Gasteiger partial charge in [-0.1, -0.05) is 65.8 Å². The van der Waals surface area contributed by atoms with Crippen LogP contribution in [0.15, 0.2) is 47.4 Å². The summed E-state index contributed by atoms with van der Waals surface area (Å²) in [5, 5.41) is 3.11. The average Bonchev–Trinajstić information content (AvgIpc) is 3.64. The maximum Gasteiger partial charge on any atom is 0.248 e. The van der Waals surface area contributed by atoms with Crippen LogP contribution in [0, 0.1) is 5.92 Å². The summed E-state index contributed by atoms with van der Waals surface area (Å²) >= 11 is 12.5. The highest BCUT2D eigenvalue weighted by Gasteiger charge is 2.56. The van der Waals surface area contributed by atoms with Crippen LogP contribution < -0.4 is 10.8 Å². The zero-order chi connectivity index (χ0) is 29.8. The van der Waals surface area contributed by atoms with Crippen molar-refractivity contribution in [3.63, 3.8) is 0 Å². The van der Waals surface area contributed by atoms with E-state index in [1.165, 1.54) is 27.4 Å². The van der Waals surface area contributed by atoms with Gasteiger partial charge in [-0.15, -0.1) is 0 Å². The Morgan fingerprint density at radius 2 is 1.64 bits per heavy atom. The lowest BCUT2D eigenvalue weighted by Crippen LogP contribution is -2.76. The van der Waals surface area contributed by atoms with Crippen molar-refractivity contribution in [3.8, 4) is 0 Å². The van der Waals surface area contributed by atoms with Gasteiger partial charge in [-0.3, -0.25) is 14.4 Å². The number of fused-ring (bicyclic) bond motifs is 1. The van der Waals surface area contributed by atoms with E-state index in [4.69, 9.17) is 23.2 Å². The van der Waals surface area contributed by atoms with Gasteiger partial charge in [0.1, 0.15) is 31.0 Å². The second-order valence-electron chi connectivity index (χ2n) is 11.8. The van der Waals surface area contributed by atoms with Gasteiger partial charge in [0.2, 0.25) is 27.7 Å². The molecule has 0 bridgehead atoms. The predicted molar refractivity (Wildman–Crippen MR) is 162 cm³/mol. The van der Waals surface area contributed by atoms with Crippen LogP contribution in [0.1, 0.15) is 44.1 Å². The Kier molecular flexibility index (Phi) is 8.06. The zero-order valence-electron chi connectivity index (χ0n) is 23.3. The fraction of sp³-hybridized carbons (Fsp3) is 0.483. The third kappa shape index (κ3) is 5.56. The second-order valence-corrected chi connectivity index (χ2v) is 14.5. The first-order valence-electron chi connectivity index (χ1n) is 14.5. The first kappa shape index (κ1) is 29.5. The third-order valence-electron chi connectivity index (χ3n) is 8.89. The molecule has 2 aromatic carbocycles. The maximum absolute atomic E-state index is 14.3. The van der Waals surface area contributed by atoms with E-state index in [9.17, 15) is 22.8 Å². The van der Waals surface area contributed by atoms with E-state index in [1.54, 1.807) is 4.90 Å². The summed E-state index contributed by atoms with van der Waals surface area (Å²) in [5.74, 6) is -1.12. The molecule has 42 heavy (non-hydrogen) atoms. The SMILES string of the molecule is Bc1ccc(CC2C(=O)N(C3CC3)CC3N2C(=O)C(NC(=O)C2CCCC2)CN3S(=O)(=O)c2ccc(Cl)cc2Cl)cc1. The molecule has 2 aromatic rings. The van der Waals surface area contributed by atoms with Crippen molar-refractivity contribution in [3.05, 3.63) is 58.1 Å². The van der Waals surface area contributed by atoms with Crippen molar-refractivity contribution >= 4 is 64.3 Å². The molecule has 4 fully saturated rings. The molecule has 9 nitrogen and oxygen atoms in total. The lowest BCUT2D eigenvalue weighted by Gasteiger charge is -2.53. The van der Waals surface area contributed by atoms with Crippen molar-refractivity contribution in [1.29, 1.82) is 0 Å². The van der Waals surface area contributed by atoms with Gasteiger partial charge in [0.25, 0.3) is 0 Å². The van der Waals surface area contributed by atoms with Crippen LogP contribution in [0.5, 0.6) is 0 Å². The van der Waals surface area contributed by atoms with Crippen LogP contribution in [0.3, 0.4) is 0 Å². The molecule has 2 saturated heterocycles. The quantitative estimate of drug-likeness (QED) is 0.469. The van der Waals surface area contributed by atoms with Crippen LogP contribution in [0.2, 0.25) is 10.0 Å². The Balaban J connectivity index is 1.42. The highest BCUT2D eigenvalue weighted by atomic mass is 35.5. The van der Waals surface area contributed by atoms with Gasteiger partial charge in [-0.05, 0) is 49.4 Å². The minimum Gasteiger partial charge on any atom is -0.343 e. The van der Waals surface area contributed by atoms with Crippen LogP contribution in [0.4, 0.5) is 0 Å².